The molecule has 1 aliphatic heterocycles. The van der Waals surface area contributed by atoms with Crippen molar-refractivity contribution in [2.24, 2.45) is 0 Å². The van der Waals surface area contributed by atoms with Gasteiger partial charge >= 0.3 is 7.12 Å². The summed E-state index contributed by atoms with van der Waals surface area (Å²) in [7, 11) is -1.37. The molecular weight excluding hydrogens is 213 g/mol. The van der Waals surface area contributed by atoms with Gasteiger partial charge < -0.3 is 10.0 Å². The van der Waals surface area contributed by atoms with E-state index in [-0.39, 0.29) is 5.54 Å². The Labute approximate surface area is 103 Å². The average Bonchev–Trinajstić information content (AvgIpc) is 2.59. The van der Waals surface area contributed by atoms with Crippen molar-refractivity contribution in [3.8, 4) is 0 Å². The van der Waals surface area contributed by atoms with Crippen molar-refractivity contribution in [3.63, 3.8) is 0 Å². The maximum atomic E-state index is 9.03. The molecule has 4 heteroatoms. The highest BCUT2D eigenvalue weighted by Crippen LogP contribution is 2.29. The summed E-state index contributed by atoms with van der Waals surface area (Å²) in [5.74, 6) is 0. The molecule has 0 amide bonds. The van der Waals surface area contributed by atoms with E-state index >= 15 is 0 Å². The molecule has 3 nitrogen and oxygen atoms in total. The molecule has 0 aromatic heterocycles. The minimum atomic E-state index is -1.37. The molecule has 0 spiro atoms. The molecule has 1 fully saturated rings. The van der Waals surface area contributed by atoms with Crippen molar-refractivity contribution >= 4 is 12.6 Å². The molecule has 0 atom stereocenters. The summed E-state index contributed by atoms with van der Waals surface area (Å²) in [6, 6.07) is 7.51. The lowest BCUT2D eigenvalue weighted by molar-refractivity contribution is 0.166. The van der Waals surface area contributed by atoms with Gasteiger partial charge in [0.05, 0.1) is 0 Å². The van der Waals surface area contributed by atoms with Gasteiger partial charge in [0.1, 0.15) is 0 Å². The van der Waals surface area contributed by atoms with Gasteiger partial charge in [-0.1, -0.05) is 24.3 Å². The number of nitrogens with zero attached hydrogens (tertiary/aromatic N) is 1. The van der Waals surface area contributed by atoms with Crippen LogP contribution in [0.3, 0.4) is 0 Å². The molecule has 0 unspecified atom stereocenters. The van der Waals surface area contributed by atoms with Gasteiger partial charge in [0.25, 0.3) is 0 Å². The molecule has 1 saturated heterocycles. The minimum absolute atomic E-state index is 0.287. The monoisotopic (exact) mass is 233 g/mol. The fourth-order valence-corrected chi connectivity index (χ4v) is 2.47. The van der Waals surface area contributed by atoms with Gasteiger partial charge in [0, 0.05) is 12.1 Å². The molecule has 0 aliphatic carbocycles. The highest BCUT2D eigenvalue weighted by molar-refractivity contribution is 6.58. The van der Waals surface area contributed by atoms with E-state index in [2.05, 4.69) is 18.7 Å². The van der Waals surface area contributed by atoms with Crippen LogP contribution in [-0.4, -0.2) is 34.2 Å². The summed E-state index contributed by atoms with van der Waals surface area (Å²) in [5.41, 5.74) is 2.06. The molecule has 1 aliphatic rings. The van der Waals surface area contributed by atoms with Crippen molar-refractivity contribution in [1.82, 2.24) is 4.90 Å². The van der Waals surface area contributed by atoms with E-state index in [9.17, 15) is 0 Å². The van der Waals surface area contributed by atoms with Crippen LogP contribution < -0.4 is 5.46 Å². The second-order valence-corrected chi connectivity index (χ2v) is 5.45. The highest BCUT2D eigenvalue weighted by atomic mass is 16.4. The van der Waals surface area contributed by atoms with Crippen LogP contribution in [0, 0.1) is 0 Å². The number of benzene rings is 1. The summed E-state index contributed by atoms with van der Waals surface area (Å²) in [4.78, 5) is 2.48. The molecule has 17 heavy (non-hydrogen) atoms. The zero-order valence-corrected chi connectivity index (χ0v) is 10.6. The standard InChI is InChI=1S/C13H20BNO2/c1-13(2)8-3-9-15(13)10-11-4-6-12(7-5-11)14(16)17/h4-7,16-17H,3,8-10H2,1-2H3. The van der Waals surface area contributed by atoms with E-state index in [0.717, 1.165) is 13.1 Å². The zero-order chi connectivity index (χ0) is 12.5. The predicted octanol–water partition coefficient (Wildman–Crippen LogP) is 0.741. The first kappa shape index (κ1) is 12.6. The topological polar surface area (TPSA) is 43.7 Å². The van der Waals surface area contributed by atoms with Crippen molar-refractivity contribution in [2.75, 3.05) is 6.54 Å². The largest absolute Gasteiger partial charge is 0.488 e. The van der Waals surface area contributed by atoms with Crippen molar-refractivity contribution in [2.45, 2.75) is 38.8 Å². The number of likely N-dealkylation sites (tertiary alicyclic amines) is 1. The third kappa shape index (κ3) is 2.89. The predicted molar refractivity (Wildman–Crippen MR) is 70.0 cm³/mol. The van der Waals surface area contributed by atoms with Gasteiger partial charge in [-0.15, -0.1) is 0 Å². The van der Waals surface area contributed by atoms with Crippen molar-refractivity contribution in [3.05, 3.63) is 29.8 Å². The van der Waals surface area contributed by atoms with Crippen LogP contribution in [0.15, 0.2) is 24.3 Å². The molecule has 0 bridgehead atoms. The van der Waals surface area contributed by atoms with E-state index in [1.54, 1.807) is 12.1 Å². The molecule has 92 valence electrons. The van der Waals surface area contributed by atoms with Crippen molar-refractivity contribution < 1.29 is 10.0 Å². The highest BCUT2D eigenvalue weighted by Gasteiger charge is 2.31. The normalized spacial score (nSPS) is 19.5. The molecule has 1 aromatic rings. The quantitative estimate of drug-likeness (QED) is 0.757. The Bertz CT molecular complexity index is 376. The van der Waals surface area contributed by atoms with E-state index in [4.69, 9.17) is 10.0 Å². The first-order chi connectivity index (χ1) is 7.99. The Hall–Kier alpha value is -0.835. The second-order valence-electron chi connectivity index (χ2n) is 5.45. The van der Waals surface area contributed by atoms with Gasteiger partial charge in [-0.05, 0) is 44.3 Å². The smallest absolute Gasteiger partial charge is 0.423 e. The van der Waals surface area contributed by atoms with E-state index in [1.165, 1.54) is 18.4 Å². The maximum absolute atomic E-state index is 9.03. The third-order valence-corrected chi connectivity index (χ3v) is 3.72. The summed E-state index contributed by atoms with van der Waals surface area (Å²) in [6.07, 6.45) is 2.51. The summed E-state index contributed by atoms with van der Waals surface area (Å²) in [5, 5.41) is 18.1. The lowest BCUT2D eigenvalue weighted by Crippen LogP contribution is -2.37. The Morgan fingerprint density at radius 2 is 1.88 bits per heavy atom. The maximum Gasteiger partial charge on any atom is 0.488 e. The number of rotatable bonds is 3. The molecule has 0 saturated carbocycles. The number of hydrogen-bond acceptors (Lipinski definition) is 3. The fraction of sp³-hybridized carbons (Fsp3) is 0.538. The second kappa shape index (κ2) is 4.80. The van der Waals surface area contributed by atoms with Gasteiger partial charge in [0.15, 0.2) is 0 Å². The first-order valence-corrected chi connectivity index (χ1v) is 6.19. The number of hydrogen-bond donors (Lipinski definition) is 2. The lowest BCUT2D eigenvalue weighted by Gasteiger charge is -2.31. The average molecular weight is 233 g/mol. The first-order valence-electron chi connectivity index (χ1n) is 6.19. The molecule has 1 heterocycles. The Morgan fingerprint density at radius 3 is 2.35 bits per heavy atom. The zero-order valence-electron chi connectivity index (χ0n) is 10.6. The molecular formula is C13H20BNO2. The Balaban J connectivity index is 2.04. The molecule has 2 N–H and O–H groups in total. The van der Waals surface area contributed by atoms with Crippen LogP contribution in [0.1, 0.15) is 32.3 Å². The molecule has 1 aromatic carbocycles. The van der Waals surface area contributed by atoms with Gasteiger partial charge in [-0.2, -0.15) is 0 Å². The van der Waals surface area contributed by atoms with Crippen LogP contribution >= 0.6 is 0 Å². The SMILES string of the molecule is CC1(C)CCCN1Cc1ccc(B(O)O)cc1. The van der Waals surface area contributed by atoms with Gasteiger partial charge in [-0.25, -0.2) is 0 Å². The fourth-order valence-electron chi connectivity index (χ4n) is 2.47. The van der Waals surface area contributed by atoms with Crippen LogP contribution in [0.4, 0.5) is 0 Å². The van der Waals surface area contributed by atoms with Crippen molar-refractivity contribution in [1.29, 1.82) is 0 Å². The van der Waals surface area contributed by atoms with Gasteiger partial charge in [-0.3, -0.25) is 4.90 Å². The van der Waals surface area contributed by atoms with Crippen LogP contribution in [0.2, 0.25) is 0 Å². The van der Waals surface area contributed by atoms with Crippen LogP contribution in [0.25, 0.3) is 0 Å². The molecule has 2 rings (SSSR count). The van der Waals surface area contributed by atoms with Gasteiger partial charge in [0.2, 0.25) is 0 Å². The van der Waals surface area contributed by atoms with E-state index < -0.39 is 7.12 Å². The minimum Gasteiger partial charge on any atom is -0.423 e. The Kier molecular flexibility index (Phi) is 3.57. The summed E-state index contributed by atoms with van der Waals surface area (Å²) < 4.78 is 0. The van der Waals surface area contributed by atoms with Crippen LogP contribution in [0.5, 0.6) is 0 Å². The summed E-state index contributed by atoms with van der Waals surface area (Å²) in [6.45, 7) is 6.66. The third-order valence-electron chi connectivity index (χ3n) is 3.72. The summed E-state index contributed by atoms with van der Waals surface area (Å²) >= 11 is 0. The van der Waals surface area contributed by atoms with Crippen LogP contribution in [-0.2, 0) is 6.54 Å². The van der Waals surface area contributed by atoms with E-state index in [1.807, 2.05) is 12.1 Å². The lowest BCUT2D eigenvalue weighted by atomic mass is 9.80. The molecule has 0 radical (unpaired) electrons. The Morgan fingerprint density at radius 1 is 1.24 bits per heavy atom. The van der Waals surface area contributed by atoms with E-state index in [0.29, 0.717) is 5.46 Å².